The zero-order valence-electron chi connectivity index (χ0n) is 8.17. The van der Waals surface area contributed by atoms with Gasteiger partial charge in [0.2, 0.25) is 0 Å². The Bertz CT molecular complexity index is 463. The quantitative estimate of drug-likeness (QED) is 0.451. The van der Waals surface area contributed by atoms with Crippen LogP contribution in [0, 0.1) is 0 Å². The van der Waals surface area contributed by atoms with Crippen LogP contribution in [-0.2, 0) is 10.0 Å². The van der Waals surface area contributed by atoms with Crippen molar-refractivity contribution >= 4 is 21.6 Å². The van der Waals surface area contributed by atoms with Gasteiger partial charge in [-0.2, -0.15) is 12.8 Å². The summed E-state index contributed by atoms with van der Waals surface area (Å²) in [6, 6.07) is 5.52. The lowest BCUT2D eigenvalue weighted by molar-refractivity contribution is -0.217. The van der Waals surface area contributed by atoms with Crippen molar-refractivity contribution in [2.45, 2.75) is 18.2 Å². The molecule has 0 aliphatic rings. The topological polar surface area (TPSA) is 95.6 Å². The minimum Gasteiger partial charge on any atom is -0.861 e. The Labute approximate surface area is 88.3 Å². The number of hydrogen-bond donors (Lipinski definition) is 1. The van der Waals surface area contributed by atoms with Gasteiger partial charge in [0.1, 0.15) is 0 Å². The molecular weight excluding hydrogens is 216 g/mol. The molecule has 0 radical (unpaired) electrons. The summed E-state index contributed by atoms with van der Waals surface area (Å²) in [5.74, 6) is -0.660. The van der Waals surface area contributed by atoms with Gasteiger partial charge in [-0.1, -0.05) is 6.92 Å². The molecule has 0 heterocycles. The van der Waals surface area contributed by atoms with Gasteiger partial charge in [-0.3, -0.25) is 0 Å². The van der Waals surface area contributed by atoms with E-state index >= 15 is 0 Å². The second-order valence-electron chi connectivity index (χ2n) is 2.88. The summed E-state index contributed by atoms with van der Waals surface area (Å²) in [6.07, 6.45) is 0.0637. The summed E-state index contributed by atoms with van der Waals surface area (Å²) in [4.78, 5) is -0.0292. The number of benzene rings is 1. The van der Waals surface area contributed by atoms with Crippen molar-refractivity contribution in [3.63, 3.8) is 0 Å². The van der Waals surface area contributed by atoms with Crippen molar-refractivity contribution in [1.82, 2.24) is 0 Å². The standard InChI is InChI=1S/C9H12N2O3S/c1-2-9(12)11-15(13,14)8-5-3-7(10)4-6-8/h3-6H,2,10H2,1H3,(H,11,12)/p-1. The van der Waals surface area contributed by atoms with E-state index in [1.54, 1.807) is 6.92 Å². The van der Waals surface area contributed by atoms with Crippen LogP contribution in [0.3, 0.4) is 0 Å². The molecule has 0 aliphatic heterocycles. The van der Waals surface area contributed by atoms with Crippen LogP contribution in [0.2, 0.25) is 0 Å². The van der Waals surface area contributed by atoms with E-state index in [4.69, 9.17) is 5.73 Å². The van der Waals surface area contributed by atoms with E-state index in [1.165, 1.54) is 24.3 Å². The van der Waals surface area contributed by atoms with Crippen LogP contribution in [0.25, 0.3) is 0 Å². The zero-order chi connectivity index (χ0) is 11.5. The summed E-state index contributed by atoms with van der Waals surface area (Å²) in [6.45, 7) is 1.55. The first-order valence-corrected chi connectivity index (χ1v) is 5.76. The highest BCUT2D eigenvalue weighted by Crippen LogP contribution is 2.14. The molecule has 82 valence electrons. The van der Waals surface area contributed by atoms with Gasteiger partial charge in [0.25, 0.3) is 10.0 Å². The number of nitrogens with two attached hydrogens (primary N) is 1. The molecule has 0 aromatic heterocycles. The fraction of sp³-hybridized carbons (Fsp3) is 0.222. The number of anilines is 1. The van der Waals surface area contributed by atoms with Crippen LogP contribution >= 0.6 is 0 Å². The predicted octanol–water partition coefficient (Wildman–Crippen LogP) is 0.126. The molecule has 5 nitrogen and oxygen atoms in total. The molecule has 1 aromatic rings. The second-order valence-corrected chi connectivity index (χ2v) is 4.49. The molecule has 0 atom stereocenters. The monoisotopic (exact) mass is 227 g/mol. The Balaban J connectivity index is 3.13. The summed E-state index contributed by atoms with van der Waals surface area (Å²) < 4.78 is 26.1. The van der Waals surface area contributed by atoms with Crippen molar-refractivity contribution in [3.8, 4) is 0 Å². The van der Waals surface area contributed by atoms with Crippen molar-refractivity contribution in [3.05, 3.63) is 24.3 Å². The average Bonchev–Trinajstić information content (AvgIpc) is 2.17. The smallest absolute Gasteiger partial charge is 0.281 e. The highest BCUT2D eigenvalue weighted by molar-refractivity contribution is 7.90. The molecule has 0 fully saturated rings. The molecule has 6 heteroatoms. The molecular formula is C9H11N2O3S-. The largest absolute Gasteiger partial charge is 0.861 e. The van der Waals surface area contributed by atoms with E-state index in [1.807, 2.05) is 0 Å². The van der Waals surface area contributed by atoms with Gasteiger partial charge in [-0.05, 0) is 36.6 Å². The Morgan fingerprint density at radius 2 is 1.93 bits per heavy atom. The average molecular weight is 227 g/mol. The molecule has 0 amide bonds. The van der Waals surface area contributed by atoms with Crippen LogP contribution in [0.15, 0.2) is 33.6 Å². The van der Waals surface area contributed by atoms with Gasteiger partial charge in [0.15, 0.2) is 0 Å². The van der Waals surface area contributed by atoms with E-state index in [0.717, 1.165) is 0 Å². The Morgan fingerprint density at radius 3 is 2.40 bits per heavy atom. The minimum absolute atomic E-state index is 0.0292. The number of hydrogen-bond acceptors (Lipinski definition) is 4. The number of rotatable bonds is 3. The Morgan fingerprint density at radius 1 is 1.40 bits per heavy atom. The fourth-order valence-electron chi connectivity index (χ4n) is 0.891. The Kier molecular flexibility index (Phi) is 3.31. The third kappa shape index (κ3) is 2.95. The Hall–Kier alpha value is -1.56. The minimum atomic E-state index is -3.87. The lowest BCUT2D eigenvalue weighted by Crippen LogP contribution is -2.18. The number of nitrogen functional groups attached to an aromatic ring is 1. The summed E-state index contributed by atoms with van der Waals surface area (Å²) in [7, 11) is -3.87. The summed E-state index contributed by atoms with van der Waals surface area (Å²) in [5, 5.41) is 10.9. The van der Waals surface area contributed by atoms with E-state index in [9.17, 15) is 13.5 Å². The second kappa shape index (κ2) is 4.31. The van der Waals surface area contributed by atoms with Crippen LogP contribution in [-0.4, -0.2) is 14.3 Å². The maximum Gasteiger partial charge on any atom is 0.281 e. The molecule has 2 N–H and O–H groups in total. The molecule has 0 spiro atoms. The van der Waals surface area contributed by atoms with E-state index < -0.39 is 15.9 Å². The lowest BCUT2D eigenvalue weighted by atomic mass is 10.3. The van der Waals surface area contributed by atoms with Crippen LogP contribution in [0.5, 0.6) is 0 Å². The van der Waals surface area contributed by atoms with Crippen molar-refractivity contribution < 1.29 is 13.5 Å². The van der Waals surface area contributed by atoms with Crippen molar-refractivity contribution in [2.24, 2.45) is 4.40 Å². The highest BCUT2D eigenvalue weighted by atomic mass is 32.2. The molecule has 0 saturated carbocycles. The van der Waals surface area contributed by atoms with Gasteiger partial charge < -0.3 is 10.8 Å². The molecule has 0 saturated heterocycles. The van der Waals surface area contributed by atoms with Gasteiger partial charge in [-0.15, -0.1) is 0 Å². The van der Waals surface area contributed by atoms with Gasteiger partial charge in [0, 0.05) is 5.69 Å². The third-order valence-electron chi connectivity index (χ3n) is 1.70. The summed E-state index contributed by atoms with van der Waals surface area (Å²) in [5.41, 5.74) is 5.86. The molecule has 0 unspecified atom stereocenters. The first-order chi connectivity index (χ1) is 6.95. The van der Waals surface area contributed by atoms with E-state index in [2.05, 4.69) is 4.40 Å². The van der Waals surface area contributed by atoms with Gasteiger partial charge >= 0.3 is 0 Å². The summed E-state index contributed by atoms with van der Waals surface area (Å²) >= 11 is 0. The zero-order valence-corrected chi connectivity index (χ0v) is 8.99. The van der Waals surface area contributed by atoms with E-state index in [0.29, 0.717) is 5.69 Å². The number of nitrogens with zero attached hydrogens (tertiary/aromatic N) is 1. The fourth-order valence-corrected chi connectivity index (χ4v) is 1.87. The SMILES string of the molecule is CC/C([O-])=N/S(=O)(=O)c1ccc(N)cc1. The molecule has 0 aliphatic carbocycles. The molecule has 1 aromatic carbocycles. The van der Waals surface area contributed by atoms with Crippen molar-refractivity contribution in [2.75, 3.05) is 5.73 Å². The van der Waals surface area contributed by atoms with Gasteiger partial charge in [0.05, 0.1) is 4.90 Å². The van der Waals surface area contributed by atoms with Crippen LogP contribution in [0.4, 0.5) is 5.69 Å². The molecule has 1 rings (SSSR count). The van der Waals surface area contributed by atoms with E-state index in [-0.39, 0.29) is 11.3 Å². The molecule has 0 bridgehead atoms. The first-order valence-electron chi connectivity index (χ1n) is 4.32. The van der Waals surface area contributed by atoms with Crippen molar-refractivity contribution in [1.29, 1.82) is 0 Å². The first kappa shape index (κ1) is 11.5. The third-order valence-corrected chi connectivity index (χ3v) is 3.01. The lowest BCUT2D eigenvalue weighted by Gasteiger charge is -2.07. The predicted molar refractivity (Wildman–Crippen MR) is 55.8 cm³/mol. The maximum atomic E-state index is 11.5. The molecule has 15 heavy (non-hydrogen) atoms. The van der Waals surface area contributed by atoms with Crippen LogP contribution < -0.4 is 10.8 Å². The highest BCUT2D eigenvalue weighted by Gasteiger charge is 2.10. The number of sulfonamides is 1. The maximum absolute atomic E-state index is 11.5. The van der Waals surface area contributed by atoms with Gasteiger partial charge in [-0.25, -0.2) is 0 Å². The normalized spacial score (nSPS) is 12.7. The van der Waals surface area contributed by atoms with Crippen LogP contribution in [0.1, 0.15) is 13.3 Å².